The summed E-state index contributed by atoms with van der Waals surface area (Å²) in [6.45, 7) is 0. The molecule has 0 aliphatic heterocycles. The number of rotatable bonds is 2. The Morgan fingerprint density at radius 1 is 1.43 bits per heavy atom. The Morgan fingerprint density at radius 3 is 2.93 bits per heavy atom. The Morgan fingerprint density at radius 2 is 2.29 bits per heavy atom. The Hall–Kier alpha value is -1.16. The fourth-order valence-corrected chi connectivity index (χ4v) is 2.02. The monoisotopic (exact) mass is 193 g/mol. The van der Waals surface area contributed by atoms with Crippen LogP contribution >= 0.6 is 0 Å². The van der Waals surface area contributed by atoms with Crippen LogP contribution in [0.1, 0.15) is 30.9 Å². The number of ether oxygens (including phenoxy) is 1. The largest absolute Gasteiger partial charge is 0.481 e. The maximum atomic E-state index is 6.00. The highest BCUT2D eigenvalue weighted by Gasteiger charge is 2.26. The molecule has 0 amide bonds. The van der Waals surface area contributed by atoms with Crippen molar-refractivity contribution in [1.82, 2.24) is 9.97 Å². The third-order valence-electron chi connectivity index (χ3n) is 2.82. The molecule has 2 N–H and O–H groups in total. The van der Waals surface area contributed by atoms with E-state index in [2.05, 4.69) is 9.97 Å². The van der Waals surface area contributed by atoms with Crippen molar-refractivity contribution in [2.24, 2.45) is 5.73 Å². The van der Waals surface area contributed by atoms with Crippen molar-refractivity contribution >= 4 is 0 Å². The lowest BCUT2D eigenvalue weighted by Gasteiger charge is -2.14. The highest BCUT2D eigenvalue weighted by Crippen LogP contribution is 2.32. The molecule has 4 heteroatoms. The molecule has 2 unspecified atom stereocenters. The molecule has 2 rings (SSSR count). The molecule has 1 aliphatic carbocycles. The van der Waals surface area contributed by atoms with E-state index in [-0.39, 0.29) is 6.04 Å². The third kappa shape index (κ3) is 1.70. The molecule has 0 spiro atoms. The molecule has 76 valence electrons. The van der Waals surface area contributed by atoms with Gasteiger partial charge in [0.15, 0.2) is 0 Å². The Labute approximate surface area is 83.5 Å². The first-order chi connectivity index (χ1) is 6.81. The molecule has 14 heavy (non-hydrogen) atoms. The smallest absolute Gasteiger partial charge is 0.216 e. The van der Waals surface area contributed by atoms with Crippen molar-refractivity contribution in [3.05, 3.63) is 18.1 Å². The molecule has 1 aromatic rings. The standard InChI is InChI=1S/C10H15N3O/c1-14-10-5-9(12-6-13-10)7-3-2-4-8(7)11/h5-8H,2-4,11H2,1H3. The maximum Gasteiger partial charge on any atom is 0.216 e. The van der Waals surface area contributed by atoms with Gasteiger partial charge in [0.1, 0.15) is 6.33 Å². The Bertz CT molecular complexity index is 316. The van der Waals surface area contributed by atoms with Gasteiger partial charge < -0.3 is 10.5 Å². The second-order valence-electron chi connectivity index (χ2n) is 3.69. The van der Waals surface area contributed by atoms with Crippen molar-refractivity contribution in [3.63, 3.8) is 0 Å². The molecule has 1 heterocycles. The first kappa shape index (κ1) is 9.40. The summed E-state index contributed by atoms with van der Waals surface area (Å²) in [6, 6.07) is 2.13. The van der Waals surface area contributed by atoms with Crippen LogP contribution in [-0.2, 0) is 0 Å². The van der Waals surface area contributed by atoms with Gasteiger partial charge >= 0.3 is 0 Å². The second-order valence-corrected chi connectivity index (χ2v) is 3.69. The van der Waals surface area contributed by atoms with Gasteiger partial charge in [-0.3, -0.25) is 0 Å². The van der Waals surface area contributed by atoms with Crippen molar-refractivity contribution in [3.8, 4) is 5.88 Å². The van der Waals surface area contributed by atoms with Crippen LogP contribution in [0.15, 0.2) is 12.4 Å². The van der Waals surface area contributed by atoms with Gasteiger partial charge in [-0.25, -0.2) is 9.97 Å². The Kier molecular flexibility index (Phi) is 2.63. The first-order valence-corrected chi connectivity index (χ1v) is 4.93. The van der Waals surface area contributed by atoms with Gasteiger partial charge in [-0.15, -0.1) is 0 Å². The van der Waals surface area contributed by atoms with E-state index in [1.54, 1.807) is 13.4 Å². The van der Waals surface area contributed by atoms with Gasteiger partial charge in [0, 0.05) is 18.0 Å². The van der Waals surface area contributed by atoms with Crippen LogP contribution in [-0.4, -0.2) is 23.1 Å². The van der Waals surface area contributed by atoms with Crippen LogP contribution < -0.4 is 10.5 Å². The minimum atomic E-state index is 0.245. The normalized spacial score (nSPS) is 26.4. The van der Waals surface area contributed by atoms with Crippen LogP contribution in [0.3, 0.4) is 0 Å². The van der Waals surface area contributed by atoms with Gasteiger partial charge in [0.25, 0.3) is 0 Å². The lowest BCUT2D eigenvalue weighted by atomic mass is 10.0. The molecule has 1 fully saturated rings. The number of methoxy groups -OCH3 is 1. The number of nitrogens with zero attached hydrogens (tertiary/aromatic N) is 2. The lowest BCUT2D eigenvalue weighted by Crippen LogP contribution is -2.23. The van der Waals surface area contributed by atoms with E-state index in [4.69, 9.17) is 10.5 Å². The number of nitrogens with two attached hydrogens (primary N) is 1. The van der Waals surface area contributed by atoms with Crippen molar-refractivity contribution in [2.45, 2.75) is 31.2 Å². The quantitative estimate of drug-likeness (QED) is 0.763. The number of hydrogen-bond donors (Lipinski definition) is 1. The van der Waals surface area contributed by atoms with E-state index in [1.165, 1.54) is 6.42 Å². The summed E-state index contributed by atoms with van der Waals surface area (Å²) >= 11 is 0. The van der Waals surface area contributed by atoms with Gasteiger partial charge in [0.2, 0.25) is 5.88 Å². The molecule has 2 atom stereocenters. The van der Waals surface area contributed by atoms with Gasteiger partial charge in [-0.1, -0.05) is 6.42 Å². The minimum Gasteiger partial charge on any atom is -0.481 e. The summed E-state index contributed by atoms with van der Waals surface area (Å²) < 4.78 is 5.06. The van der Waals surface area contributed by atoms with Crippen molar-refractivity contribution < 1.29 is 4.74 Å². The van der Waals surface area contributed by atoms with Crippen LogP contribution in [0.4, 0.5) is 0 Å². The van der Waals surface area contributed by atoms with E-state index in [1.807, 2.05) is 6.07 Å². The lowest BCUT2D eigenvalue weighted by molar-refractivity contribution is 0.394. The number of aromatic nitrogens is 2. The Balaban J connectivity index is 2.22. The minimum absolute atomic E-state index is 0.245. The molecule has 4 nitrogen and oxygen atoms in total. The zero-order valence-corrected chi connectivity index (χ0v) is 8.31. The average Bonchev–Trinajstić information content (AvgIpc) is 2.65. The SMILES string of the molecule is COc1cc(C2CCCC2N)ncn1. The topological polar surface area (TPSA) is 61.0 Å². The van der Waals surface area contributed by atoms with Gasteiger partial charge in [0.05, 0.1) is 12.8 Å². The molecule has 0 aromatic carbocycles. The molecular formula is C10H15N3O. The van der Waals surface area contributed by atoms with Crippen LogP contribution in [0.2, 0.25) is 0 Å². The molecule has 0 saturated heterocycles. The van der Waals surface area contributed by atoms with E-state index in [9.17, 15) is 0 Å². The summed E-state index contributed by atoms with van der Waals surface area (Å²) in [5, 5.41) is 0. The van der Waals surface area contributed by atoms with Crippen LogP contribution in [0, 0.1) is 0 Å². The van der Waals surface area contributed by atoms with E-state index >= 15 is 0 Å². The molecule has 1 saturated carbocycles. The molecule has 0 radical (unpaired) electrons. The molecule has 1 aliphatic rings. The van der Waals surface area contributed by atoms with E-state index in [0.29, 0.717) is 11.8 Å². The summed E-state index contributed by atoms with van der Waals surface area (Å²) in [4.78, 5) is 8.23. The highest BCUT2D eigenvalue weighted by molar-refractivity contribution is 5.19. The zero-order chi connectivity index (χ0) is 9.97. The predicted octanol–water partition coefficient (Wildman–Crippen LogP) is 1.08. The fraction of sp³-hybridized carbons (Fsp3) is 0.600. The molecule has 1 aromatic heterocycles. The molecular weight excluding hydrogens is 178 g/mol. The average molecular weight is 193 g/mol. The summed E-state index contributed by atoms with van der Waals surface area (Å²) in [7, 11) is 1.61. The third-order valence-corrected chi connectivity index (χ3v) is 2.82. The molecule has 0 bridgehead atoms. The van der Waals surface area contributed by atoms with Gasteiger partial charge in [-0.2, -0.15) is 0 Å². The van der Waals surface area contributed by atoms with Crippen LogP contribution in [0.5, 0.6) is 5.88 Å². The maximum absolute atomic E-state index is 6.00. The van der Waals surface area contributed by atoms with E-state index in [0.717, 1.165) is 18.5 Å². The first-order valence-electron chi connectivity index (χ1n) is 4.93. The van der Waals surface area contributed by atoms with Crippen molar-refractivity contribution in [1.29, 1.82) is 0 Å². The fourth-order valence-electron chi connectivity index (χ4n) is 2.02. The van der Waals surface area contributed by atoms with E-state index < -0.39 is 0 Å². The van der Waals surface area contributed by atoms with Gasteiger partial charge in [-0.05, 0) is 12.8 Å². The summed E-state index contributed by atoms with van der Waals surface area (Å²) in [5.41, 5.74) is 7.02. The number of hydrogen-bond acceptors (Lipinski definition) is 4. The summed E-state index contributed by atoms with van der Waals surface area (Å²) in [5.74, 6) is 1.00. The predicted molar refractivity (Wildman–Crippen MR) is 53.2 cm³/mol. The second kappa shape index (κ2) is 3.92. The van der Waals surface area contributed by atoms with Crippen molar-refractivity contribution in [2.75, 3.05) is 7.11 Å². The highest BCUT2D eigenvalue weighted by atomic mass is 16.5. The summed E-state index contributed by atoms with van der Waals surface area (Å²) in [6.07, 6.45) is 4.95. The van der Waals surface area contributed by atoms with Crippen LogP contribution in [0.25, 0.3) is 0 Å². The zero-order valence-electron chi connectivity index (χ0n) is 8.31.